The van der Waals surface area contributed by atoms with Crippen LogP contribution in [0.15, 0.2) is 54.9 Å². The van der Waals surface area contributed by atoms with E-state index in [0.717, 1.165) is 5.69 Å². The van der Waals surface area contributed by atoms with Gasteiger partial charge in [-0.15, -0.1) is 5.10 Å². The predicted molar refractivity (Wildman–Crippen MR) is 97.9 cm³/mol. The van der Waals surface area contributed by atoms with Gasteiger partial charge in [-0.2, -0.15) is 9.78 Å². The molecule has 1 amide bonds. The number of nitrogens with zero attached hydrogens (tertiary/aromatic N) is 7. The highest BCUT2D eigenvalue weighted by molar-refractivity contribution is 6.05. The molecule has 9 nitrogen and oxygen atoms in total. The zero-order chi connectivity index (χ0) is 18.8. The Morgan fingerprint density at radius 1 is 1.07 bits per heavy atom. The molecule has 1 aromatic carbocycles. The van der Waals surface area contributed by atoms with E-state index < -0.39 is 0 Å². The van der Waals surface area contributed by atoms with Gasteiger partial charge in [-0.25, -0.2) is 9.67 Å². The van der Waals surface area contributed by atoms with E-state index in [1.807, 2.05) is 37.3 Å². The molecule has 0 bridgehead atoms. The molecule has 0 aliphatic carbocycles. The molecule has 1 N–H and O–H groups in total. The van der Waals surface area contributed by atoms with Crippen LogP contribution in [0.1, 0.15) is 21.9 Å². The Labute approximate surface area is 154 Å². The van der Waals surface area contributed by atoms with Crippen molar-refractivity contribution >= 4 is 11.6 Å². The fourth-order valence-corrected chi connectivity index (χ4v) is 2.73. The molecule has 4 rings (SSSR count). The molecule has 0 atom stereocenters. The van der Waals surface area contributed by atoms with Gasteiger partial charge in [0.05, 0.1) is 23.1 Å². The molecule has 0 saturated heterocycles. The third-order valence-corrected chi connectivity index (χ3v) is 4.09. The van der Waals surface area contributed by atoms with Gasteiger partial charge in [-0.05, 0) is 54.6 Å². The van der Waals surface area contributed by atoms with Crippen molar-refractivity contribution in [2.75, 3.05) is 5.32 Å². The zero-order valence-corrected chi connectivity index (χ0v) is 14.7. The maximum Gasteiger partial charge on any atom is 0.259 e. The maximum atomic E-state index is 12.7. The fraction of sp³-hybridized carbons (Fsp3) is 0.111. The SMILES string of the molecule is Cc1nnnn1-c1cccc(NC(=O)c2cnn(-c3ccccn3)c2C)c1. The molecule has 0 saturated carbocycles. The van der Waals surface area contributed by atoms with Crippen LogP contribution in [-0.4, -0.2) is 40.9 Å². The molecule has 9 heteroatoms. The molecule has 0 aliphatic rings. The van der Waals surface area contributed by atoms with Gasteiger partial charge in [0.15, 0.2) is 11.6 Å². The van der Waals surface area contributed by atoms with Crippen molar-refractivity contribution in [3.05, 3.63) is 71.9 Å². The molecule has 0 spiro atoms. The van der Waals surface area contributed by atoms with E-state index in [2.05, 4.69) is 30.9 Å². The van der Waals surface area contributed by atoms with E-state index in [4.69, 9.17) is 0 Å². The highest BCUT2D eigenvalue weighted by Gasteiger charge is 2.16. The Hall–Kier alpha value is -3.88. The monoisotopic (exact) mass is 360 g/mol. The Morgan fingerprint density at radius 3 is 2.70 bits per heavy atom. The number of nitrogens with one attached hydrogen (secondary N) is 1. The van der Waals surface area contributed by atoms with E-state index in [9.17, 15) is 4.79 Å². The maximum absolute atomic E-state index is 12.7. The number of benzene rings is 1. The first-order valence-corrected chi connectivity index (χ1v) is 8.26. The Kier molecular flexibility index (Phi) is 4.17. The number of tetrazole rings is 1. The summed E-state index contributed by atoms with van der Waals surface area (Å²) in [5, 5.41) is 18.6. The summed E-state index contributed by atoms with van der Waals surface area (Å²) in [6.45, 7) is 3.64. The van der Waals surface area contributed by atoms with Gasteiger partial charge >= 0.3 is 0 Å². The highest BCUT2D eigenvalue weighted by Crippen LogP contribution is 2.17. The first-order chi connectivity index (χ1) is 13.1. The summed E-state index contributed by atoms with van der Waals surface area (Å²) in [6.07, 6.45) is 3.22. The molecule has 0 unspecified atom stereocenters. The summed E-state index contributed by atoms with van der Waals surface area (Å²) in [4.78, 5) is 17.0. The zero-order valence-electron chi connectivity index (χ0n) is 14.7. The molecule has 27 heavy (non-hydrogen) atoms. The van der Waals surface area contributed by atoms with E-state index >= 15 is 0 Å². The van der Waals surface area contributed by atoms with Crippen molar-refractivity contribution in [2.24, 2.45) is 0 Å². The molecule has 3 aromatic heterocycles. The minimum atomic E-state index is -0.250. The van der Waals surface area contributed by atoms with E-state index in [-0.39, 0.29) is 5.91 Å². The second kappa shape index (κ2) is 6.79. The number of amides is 1. The van der Waals surface area contributed by atoms with Crippen LogP contribution in [0, 0.1) is 13.8 Å². The summed E-state index contributed by atoms with van der Waals surface area (Å²) in [5.41, 5.74) is 2.58. The number of aryl methyl sites for hydroxylation is 1. The largest absolute Gasteiger partial charge is 0.322 e. The topological polar surface area (TPSA) is 103 Å². The highest BCUT2D eigenvalue weighted by atomic mass is 16.1. The van der Waals surface area contributed by atoms with E-state index in [1.165, 1.54) is 6.20 Å². The van der Waals surface area contributed by atoms with Gasteiger partial charge in [0.25, 0.3) is 5.91 Å². The number of anilines is 1. The minimum absolute atomic E-state index is 0.250. The molecule has 0 radical (unpaired) electrons. The van der Waals surface area contributed by atoms with Crippen LogP contribution in [0.5, 0.6) is 0 Å². The van der Waals surface area contributed by atoms with Crippen LogP contribution in [0.2, 0.25) is 0 Å². The normalized spacial score (nSPS) is 10.7. The van der Waals surface area contributed by atoms with Crippen molar-refractivity contribution in [3.63, 3.8) is 0 Å². The molecule has 0 fully saturated rings. The fourth-order valence-electron chi connectivity index (χ4n) is 2.73. The van der Waals surface area contributed by atoms with Gasteiger partial charge in [0, 0.05) is 11.9 Å². The van der Waals surface area contributed by atoms with Gasteiger partial charge in [-0.3, -0.25) is 4.79 Å². The smallest absolute Gasteiger partial charge is 0.259 e. The lowest BCUT2D eigenvalue weighted by molar-refractivity contribution is 0.102. The van der Waals surface area contributed by atoms with Crippen molar-refractivity contribution in [3.8, 4) is 11.5 Å². The van der Waals surface area contributed by atoms with Crippen LogP contribution in [0.3, 0.4) is 0 Å². The Morgan fingerprint density at radius 2 is 1.96 bits per heavy atom. The summed E-state index contributed by atoms with van der Waals surface area (Å²) in [6, 6.07) is 12.8. The summed E-state index contributed by atoms with van der Waals surface area (Å²) in [7, 11) is 0. The first-order valence-electron chi connectivity index (χ1n) is 8.26. The predicted octanol–water partition coefficient (Wildman–Crippen LogP) is 2.11. The molecule has 3 heterocycles. The number of hydrogen-bond acceptors (Lipinski definition) is 6. The Bertz CT molecular complexity index is 1100. The van der Waals surface area contributed by atoms with Crippen LogP contribution in [0.25, 0.3) is 11.5 Å². The van der Waals surface area contributed by atoms with E-state index in [0.29, 0.717) is 28.6 Å². The second-order valence-corrected chi connectivity index (χ2v) is 5.89. The lowest BCUT2D eigenvalue weighted by atomic mass is 10.2. The van der Waals surface area contributed by atoms with Crippen molar-refractivity contribution in [1.29, 1.82) is 0 Å². The van der Waals surface area contributed by atoms with Gasteiger partial charge < -0.3 is 5.32 Å². The second-order valence-electron chi connectivity index (χ2n) is 5.89. The standard InChI is InChI=1S/C18H16N8O/c1-12-16(11-20-25(12)17-8-3-4-9-19-17)18(27)21-14-6-5-7-15(10-14)26-13(2)22-23-24-26/h3-11H,1-2H3,(H,21,27). The lowest BCUT2D eigenvalue weighted by Crippen LogP contribution is -2.13. The third-order valence-electron chi connectivity index (χ3n) is 4.09. The minimum Gasteiger partial charge on any atom is -0.322 e. The third kappa shape index (κ3) is 3.17. The van der Waals surface area contributed by atoms with Crippen molar-refractivity contribution in [2.45, 2.75) is 13.8 Å². The average Bonchev–Trinajstić information content (AvgIpc) is 3.28. The van der Waals surface area contributed by atoms with Crippen LogP contribution in [0.4, 0.5) is 5.69 Å². The average molecular weight is 360 g/mol. The van der Waals surface area contributed by atoms with Crippen LogP contribution >= 0.6 is 0 Å². The van der Waals surface area contributed by atoms with Gasteiger partial charge in [0.2, 0.25) is 0 Å². The lowest BCUT2D eigenvalue weighted by Gasteiger charge is -2.08. The van der Waals surface area contributed by atoms with Crippen molar-refractivity contribution in [1.82, 2.24) is 35.0 Å². The molecule has 4 aromatic rings. The Balaban J connectivity index is 1.59. The number of carbonyl (C=O) groups excluding carboxylic acids is 1. The van der Waals surface area contributed by atoms with Crippen LogP contribution < -0.4 is 5.32 Å². The van der Waals surface area contributed by atoms with Crippen LogP contribution in [-0.2, 0) is 0 Å². The number of rotatable bonds is 4. The molecular weight excluding hydrogens is 344 g/mol. The first kappa shape index (κ1) is 16.6. The van der Waals surface area contributed by atoms with Crippen molar-refractivity contribution < 1.29 is 4.79 Å². The number of pyridine rings is 1. The number of aromatic nitrogens is 7. The van der Waals surface area contributed by atoms with Gasteiger partial charge in [-0.1, -0.05) is 12.1 Å². The van der Waals surface area contributed by atoms with Gasteiger partial charge in [0.1, 0.15) is 0 Å². The summed E-state index contributed by atoms with van der Waals surface area (Å²) in [5.74, 6) is 1.07. The quantitative estimate of drug-likeness (QED) is 0.598. The molecular formula is C18H16N8O. The summed E-state index contributed by atoms with van der Waals surface area (Å²) < 4.78 is 3.23. The van der Waals surface area contributed by atoms with E-state index in [1.54, 1.807) is 34.6 Å². The molecule has 134 valence electrons. The number of carbonyl (C=O) groups is 1. The number of hydrogen-bond donors (Lipinski definition) is 1. The summed E-state index contributed by atoms with van der Waals surface area (Å²) >= 11 is 0. The molecule has 0 aliphatic heterocycles.